The molecule has 84 valence electrons. The molecule has 0 unspecified atom stereocenters. The van der Waals surface area contributed by atoms with E-state index in [1.54, 1.807) is 0 Å². The Balaban J connectivity index is 4.76. The number of hydrogen-bond donors (Lipinski definition) is 6. The van der Waals surface area contributed by atoms with Gasteiger partial charge in [-0.05, 0) is 13.0 Å². The first-order chi connectivity index (χ1) is 6.19. The fourth-order valence-corrected chi connectivity index (χ4v) is 2.60. The van der Waals surface area contributed by atoms with Crippen LogP contribution in [0, 0.1) is 0 Å². The summed E-state index contributed by atoms with van der Waals surface area (Å²) >= 11 is 0. The maximum absolute atomic E-state index is 10.7. The van der Waals surface area contributed by atoms with Crippen molar-refractivity contribution in [2.45, 2.75) is 6.42 Å². The molecule has 0 atom stereocenters. The molecule has 0 heterocycles. The summed E-state index contributed by atoms with van der Waals surface area (Å²) in [6.45, 7) is 0.159. The summed E-state index contributed by atoms with van der Waals surface area (Å²) in [4.78, 5) is 46.5. The van der Waals surface area contributed by atoms with E-state index in [4.69, 9.17) is 30.2 Å². The second kappa shape index (κ2) is 5.25. The number of aliphatic imine (C=N–C) groups is 1. The zero-order valence-corrected chi connectivity index (χ0v) is 8.97. The second-order valence-electron chi connectivity index (χ2n) is 2.44. The van der Waals surface area contributed by atoms with E-state index < -0.39 is 20.7 Å². The lowest BCUT2D eigenvalue weighted by Gasteiger charge is -2.07. The van der Waals surface area contributed by atoms with Crippen LogP contribution in [-0.4, -0.2) is 42.8 Å². The van der Waals surface area contributed by atoms with Gasteiger partial charge in [-0.3, -0.25) is 0 Å². The zero-order valence-electron chi connectivity index (χ0n) is 7.18. The first-order valence-corrected chi connectivity index (χ1v) is 6.84. The van der Waals surface area contributed by atoms with Gasteiger partial charge in [-0.25, -0.2) is 9.56 Å². The Kier molecular flexibility index (Phi) is 5.28. The predicted octanol–water partition coefficient (Wildman–Crippen LogP) is -1.39. The van der Waals surface area contributed by atoms with Crippen LogP contribution in [0.2, 0.25) is 0 Å². The molecule has 0 rings (SSSR count). The summed E-state index contributed by atoms with van der Waals surface area (Å²) in [5.74, 6) is 0. The van der Waals surface area contributed by atoms with Crippen LogP contribution < -0.4 is 5.73 Å². The van der Waals surface area contributed by atoms with Gasteiger partial charge in [0.15, 0.2) is 0 Å². The minimum atomic E-state index is -4.93. The summed E-state index contributed by atoms with van der Waals surface area (Å²) in [7, 11) is -9.67. The fraction of sp³-hybridized carbons (Fsp3) is 0.750. The Morgan fingerprint density at radius 1 is 1.36 bits per heavy atom. The lowest BCUT2D eigenvalue weighted by molar-refractivity contribution is 0.348. The molecule has 14 heavy (non-hydrogen) atoms. The molecule has 0 aromatic carbocycles. The molecule has 0 amide bonds. The molecule has 0 radical (unpaired) electrons. The normalized spacial score (nSPS) is 14.6. The van der Waals surface area contributed by atoms with Crippen LogP contribution in [0.1, 0.15) is 6.42 Å². The molecule has 0 aliphatic carbocycles. The lowest BCUT2D eigenvalue weighted by atomic mass is 10.4. The largest absolute Gasteiger partial charge is 0.469 e. The molecule has 0 aromatic heterocycles. The second-order valence-corrected chi connectivity index (χ2v) is 5.86. The molecule has 0 spiro atoms. The molecule has 0 saturated carbocycles. The average molecular weight is 247 g/mol. The highest BCUT2D eigenvalue weighted by Crippen LogP contribution is 2.60. The monoisotopic (exact) mass is 247 g/mol. The van der Waals surface area contributed by atoms with Crippen molar-refractivity contribution in [1.29, 1.82) is 0 Å². The van der Waals surface area contributed by atoms with Crippen molar-refractivity contribution in [3.63, 3.8) is 0 Å². The minimum absolute atomic E-state index is 0.0830. The van der Waals surface area contributed by atoms with Crippen LogP contribution in [0.4, 0.5) is 0 Å². The van der Waals surface area contributed by atoms with E-state index in [2.05, 4.69) is 4.99 Å². The summed E-state index contributed by atoms with van der Waals surface area (Å²) in [6.07, 6.45) is 0.323. The van der Waals surface area contributed by atoms with E-state index in [1.807, 2.05) is 0 Å². The predicted molar refractivity (Wildman–Crippen MR) is 51.6 cm³/mol. The highest BCUT2D eigenvalue weighted by Gasteiger charge is 2.51. The lowest BCUT2D eigenvalue weighted by Crippen LogP contribution is -2.08. The van der Waals surface area contributed by atoms with Gasteiger partial charge in [-0.2, -0.15) is 14.7 Å². The molecular formula is C4H13N2O6P2+. The van der Waals surface area contributed by atoms with Crippen molar-refractivity contribution in [2.24, 2.45) is 10.7 Å². The third-order valence-corrected chi connectivity index (χ3v) is 4.07. The van der Waals surface area contributed by atoms with Crippen molar-refractivity contribution in [1.82, 2.24) is 0 Å². The molecular weight excluding hydrogens is 234 g/mol. The van der Waals surface area contributed by atoms with Gasteiger partial charge in [0.2, 0.25) is 0 Å². The summed E-state index contributed by atoms with van der Waals surface area (Å²) in [5, 5.41) is -1.27. The molecule has 0 aliphatic heterocycles. The maximum Gasteiger partial charge on any atom is 0.469 e. The molecule has 0 aromatic rings. The van der Waals surface area contributed by atoms with E-state index in [-0.39, 0.29) is 13.1 Å². The number of rotatable bonds is 5. The molecule has 0 saturated heterocycles. The number of hydrogen-bond acceptors (Lipinski definition) is 6. The van der Waals surface area contributed by atoms with Gasteiger partial charge in [0.25, 0.3) is 0 Å². The standard InChI is InChI=1S/C4H12N2O6P2/c5-2-1-3-6-4(13(7,8)9)14(10,11)12/h7-9H,1-3,5H2,(H-,10,11,12)/p+1. The Bertz CT molecular complexity index is 255. The van der Waals surface area contributed by atoms with Crippen LogP contribution in [0.15, 0.2) is 4.99 Å². The van der Waals surface area contributed by atoms with Crippen LogP contribution >= 0.6 is 15.5 Å². The maximum atomic E-state index is 10.7. The molecule has 0 aliphatic rings. The van der Waals surface area contributed by atoms with Crippen molar-refractivity contribution in [3.8, 4) is 0 Å². The van der Waals surface area contributed by atoms with E-state index >= 15 is 0 Å². The number of nitrogens with zero attached hydrogens (tertiary/aromatic N) is 1. The van der Waals surface area contributed by atoms with E-state index in [0.29, 0.717) is 6.42 Å². The molecule has 7 N–H and O–H groups in total. The van der Waals surface area contributed by atoms with Gasteiger partial charge in [0.05, 0.1) is 0 Å². The fourth-order valence-electron chi connectivity index (χ4n) is 0.632. The Hall–Kier alpha value is 0.0900. The van der Waals surface area contributed by atoms with Crippen molar-refractivity contribution < 1.29 is 29.0 Å². The van der Waals surface area contributed by atoms with Crippen LogP contribution in [0.5, 0.6) is 0 Å². The summed E-state index contributed by atoms with van der Waals surface area (Å²) in [5.41, 5.74) is 5.09. The van der Waals surface area contributed by atoms with Crippen LogP contribution in [-0.2, 0) is 4.57 Å². The highest BCUT2D eigenvalue weighted by molar-refractivity contribution is 8.00. The highest BCUT2D eigenvalue weighted by atomic mass is 31.3. The van der Waals surface area contributed by atoms with Crippen molar-refractivity contribution >= 4 is 20.7 Å². The zero-order chi connectivity index (χ0) is 11.4. The Morgan fingerprint density at radius 3 is 2.14 bits per heavy atom. The Morgan fingerprint density at radius 2 is 1.86 bits per heavy atom. The third kappa shape index (κ3) is 5.09. The van der Waals surface area contributed by atoms with E-state index in [0.717, 1.165) is 0 Å². The first-order valence-electron chi connectivity index (χ1n) is 3.58. The van der Waals surface area contributed by atoms with Gasteiger partial charge >= 0.3 is 20.7 Å². The third-order valence-electron chi connectivity index (χ3n) is 1.14. The molecule has 0 fully saturated rings. The average Bonchev–Trinajstić information content (AvgIpc) is 1.92. The molecule has 10 heteroatoms. The smallest absolute Gasteiger partial charge is 0.330 e. The minimum Gasteiger partial charge on any atom is -0.330 e. The van der Waals surface area contributed by atoms with Crippen LogP contribution in [0.3, 0.4) is 0 Å². The Labute approximate surface area is 80.8 Å². The summed E-state index contributed by atoms with van der Waals surface area (Å²) in [6, 6.07) is 0. The van der Waals surface area contributed by atoms with Gasteiger partial charge in [-0.1, -0.05) is 0 Å². The van der Waals surface area contributed by atoms with Crippen LogP contribution in [0.25, 0.3) is 0 Å². The number of nitrogens with two attached hydrogens (primary N) is 1. The van der Waals surface area contributed by atoms with E-state index in [9.17, 15) is 4.57 Å². The van der Waals surface area contributed by atoms with E-state index in [1.165, 1.54) is 0 Å². The van der Waals surface area contributed by atoms with Crippen molar-refractivity contribution in [3.05, 3.63) is 0 Å². The van der Waals surface area contributed by atoms with Gasteiger partial charge < -0.3 is 15.5 Å². The van der Waals surface area contributed by atoms with Gasteiger partial charge in [0, 0.05) is 6.54 Å². The quantitative estimate of drug-likeness (QED) is 0.198. The first kappa shape index (κ1) is 14.1. The molecule has 0 bridgehead atoms. The van der Waals surface area contributed by atoms with Crippen molar-refractivity contribution in [2.75, 3.05) is 13.1 Å². The SMILES string of the molecule is NCCCN=C(P(=O)(O)O)[P+](O)(O)O. The van der Waals surface area contributed by atoms with Gasteiger partial charge in [-0.15, -0.1) is 0 Å². The molecule has 8 nitrogen and oxygen atoms in total. The summed E-state index contributed by atoms with van der Waals surface area (Å²) < 4.78 is 10.7. The van der Waals surface area contributed by atoms with Gasteiger partial charge in [0.1, 0.15) is 0 Å². The topological polar surface area (TPSA) is 157 Å².